The first-order valence-corrected chi connectivity index (χ1v) is 10.3. The number of rotatable bonds is 6. The normalized spacial score (nSPS) is 13.7. The maximum atomic E-state index is 12.9. The zero-order chi connectivity index (χ0) is 19.2. The third kappa shape index (κ3) is 4.74. The molecule has 8 heteroatoms. The van der Waals surface area contributed by atoms with Crippen molar-refractivity contribution >= 4 is 34.9 Å². The van der Waals surface area contributed by atoms with Crippen LogP contribution in [0.1, 0.15) is 50.7 Å². The highest BCUT2D eigenvalue weighted by molar-refractivity contribution is 6.44. The number of carbonyl (C=O) groups is 1. The molecule has 0 radical (unpaired) electrons. The van der Waals surface area contributed by atoms with E-state index < -0.39 is 0 Å². The fourth-order valence-electron chi connectivity index (χ4n) is 3.24. The molecule has 6 nitrogen and oxygen atoms in total. The molecule has 0 atom stereocenters. The van der Waals surface area contributed by atoms with Crippen LogP contribution in [-0.4, -0.2) is 27.3 Å². The smallest absolute Gasteiger partial charge is 0.322 e. The van der Waals surface area contributed by atoms with Crippen LogP contribution < -0.4 is 10.2 Å². The van der Waals surface area contributed by atoms with E-state index in [1.54, 1.807) is 23.1 Å². The number of anilines is 1. The average Bonchev–Trinajstić information content (AvgIpc) is 2.88. The van der Waals surface area contributed by atoms with Crippen molar-refractivity contribution in [2.24, 2.45) is 0 Å². The van der Waals surface area contributed by atoms with Crippen molar-refractivity contribution in [3.05, 3.63) is 39.9 Å². The highest BCUT2D eigenvalue weighted by Crippen LogP contribution is 2.33. The maximum Gasteiger partial charge on any atom is 0.322 e. The van der Waals surface area contributed by atoms with Gasteiger partial charge in [-0.15, -0.1) is 10.2 Å². The molecule has 1 aromatic carbocycles. The topological polar surface area (TPSA) is 63.1 Å². The Balaban J connectivity index is 1.89. The average molecular weight is 410 g/mol. The Hall–Kier alpha value is -1.79. The number of amides is 2. The summed E-state index contributed by atoms with van der Waals surface area (Å²) >= 11 is 12.6. The molecule has 0 saturated heterocycles. The van der Waals surface area contributed by atoms with E-state index in [-0.39, 0.29) is 6.03 Å². The van der Waals surface area contributed by atoms with Gasteiger partial charge in [0.05, 0.1) is 22.3 Å². The molecule has 1 aliphatic heterocycles. The van der Waals surface area contributed by atoms with E-state index in [1.807, 2.05) is 0 Å². The van der Waals surface area contributed by atoms with Gasteiger partial charge >= 0.3 is 6.03 Å². The second kappa shape index (κ2) is 9.42. The summed E-state index contributed by atoms with van der Waals surface area (Å²) in [6, 6.07) is 5.09. The van der Waals surface area contributed by atoms with Crippen molar-refractivity contribution in [1.29, 1.82) is 0 Å². The molecule has 146 valence electrons. The number of nitrogens with one attached hydrogen (secondary N) is 1. The molecule has 3 rings (SSSR count). The van der Waals surface area contributed by atoms with Gasteiger partial charge in [0.1, 0.15) is 5.82 Å². The van der Waals surface area contributed by atoms with E-state index in [4.69, 9.17) is 23.2 Å². The Morgan fingerprint density at radius 3 is 2.93 bits per heavy atom. The SMILES string of the molecule is CCCCNC(=O)N(Cc1nnc2n1CCCCC2)c1cccc(Cl)c1Cl. The quantitative estimate of drug-likeness (QED) is 0.694. The van der Waals surface area contributed by atoms with Crippen LogP contribution in [0.2, 0.25) is 10.0 Å². The van der Waals surface area contributed by atoms with Gasteiger partial charge in [0.2, 0.25) is 0 Å². The summed E-state index contributed by atoms with van der Waals surface area (Å²) < 4.78 is 2.14. The summed E-state index contributed by atoms with van der Waals surface area (Å²) in [6.45, 7) is 3.88. The lowest BCUT2D eigenvalue weighted by molar-refractivity contribution is 0.245. The highest BCUT2D eigenvalue weighted by Gasteiger charge is 2.23. The molecule has 0 unspecified atom stereocenters. The van der Waals surface area contributed by atoms with Crippen molar-refractivity contribution in [1.82, 2.24) is 20.1 Å². The predicted octanol–water partition coefficient (Wildman–Crippen LogP) is 4.83. The van der Waals surface area contributed by atoms with Crippen LogP contribution in [0.25, 0.3) is 0 Å². The second-order valence-electron chi connectivity index (χ2n) is 6.74. The Morgan fingerprint density at radius 2 is 2.11 bits per heavy atom. The van der Waals surface area contributed by atoms with Crippen LogP contribution in [-0.2, 0) is 19.5 Å². The number of carbonyl (C=O) groups excluding carboxylic acids is 1. The number of urea groups is 1. The van der Waals surface area contributed by atoms with Gasteiger partial charge in [-0.1, -0.05) is 49.0 Å². The zero-order valence-corrected chi connectivity index (χ0v) is 17.1. The number of halogens is 2. The van der Waals surface area contributed by atoms with Gasteiger partial charge in [-0.05, 0) is 31.4 Å². The molecule has 2 aromatic rings. The molecule has 27 heavy (non-hydrogen) atoms. The molecule has 0 aliphatic carbocycles. The fraction of sp³-hybridized carbons (Fsp3) is 0.526. The van der Waals surface area contributed by atoms with Gasteiger partial charge in [-0.3, -0.25) is 4.90 Å². The lowest BCUT2D eigenvalue weighted by Crippen LogP contribution is -2.41. The first-order valence-electron chi connectivity index (χ1n) is 9.52. The lowest BCUT2D eigenvalue weighted by atomic mass is 10.2. The first-order chi connectivity index (χ1) is 13.1. The summed E-state index contributed by atoms with van der Waals surface area (Å²) in [5.74, 6) is 1.76. The van der Waals surface area contributed by atoms with Crippen LogP contribution in [0.5, 0.6) is 0 Å². The number of hydrogen-bond donors (Lipinski definition) is 1. The number of benzene rings is 1. The largest absolute Gasteiger partial charge is 0.338 e. The number of unbranched alkanes of at least 4 members (excludes halogenated alkanes) is 1. The zero-order valence-electron chi connectivity index (χ0n) is 15.5. The number of aryl methyl sites for hydroxylation is 1. The summed E-state index contributed by atoms with van der Waals surface area (Å²) in [6.07, 6.45) is 6.26. The van der Waals surface area contributed by atoms with E-state index in [0.717, 1.165) is 50.3 Å². The molecule has 0 bridgehead atoms. The Morgan fingerprint density at radius 1 is 1.26 bits per heavy atom. The third-order valence-electron chi connectivity index (χ3n) is 4.76. The fourth-order valence-corrected chi connectivity index (χ4v) is 3.64. The minimum Gasteiger partial charge on any atom is -0.338 e. The number of nitrogens with zero attached hydrogens (tertiary/aromatic N) is 4. The van der Waals surface area contributed by atoms with E-state index in [0.29, 0.717) is 28.8 Å². The third-order valence-corrected chi connectivity index (χ3v) is 5.57. The van der Waals surface area contributed by atoms with Crippen LogP contribution in [0, 0.1) is 0 Å². The van der Waals surface area contributed by atoms with E-state index in [1.165, 1.54) is 6.42 Å². The summed E-state index contributed by atoms with van der Waals surface area (Å²) in [4.78, 5) is 14.5. The van der Waals surface area contributed by atoms with E-state index >= 15 is 0 Å². The summed E-state index contributed by atoms with van der Waals surface area (Å²) in [5.41, 5.74) is 0.573. The number of aromatic nitrogens is 3. The van der Waals surface area contributed by atoms with Crippen LogP contribution >= 0.6 is 23.2 Å². The Bertz CT molecular complexity index is 792. The van der Waals surface area contributed by atoms with Crippen LogP contribution in [0.15, 0.2) is 18.2 Å². The highest BCUT2D eigenvalue weighted by atomic mass is 35.5. The lowest BCUT2D eigenvalue weighted by Gasteiger charge is -2.24. The molecule has 1 aliphatic rings. The molecule has 1 N–H and O–H groups in total. The maximum absolute atomic E-state index is 12.9. The minimum absolute atomic E-state index is 0.210. The second-order valence-corrected chi connectivity index (χ2v) is 7.52. The van der Waals surface area contributed by atoms with Gasteiger partial charge in [0.25, 0.3) is 0 Å². The van der Waals surface area contributed by atoms with Crippen molar-refractivity contribution in [2.45, 2.75) is 58.5 Å². The van der Waals surface area contributed by atoms with Crippen molar-refractivity contribution in [2.75, 3.05) is 11.4 Å². The van der Waals surface area contributed by atoms with Gasteiger partial charge < -0.3 is 9.88 Å². The number of fused-ring (bicyclic) bond motifs is 1. The molecule has 0 spiro atoms. The minimum atomic E-state index is -0.210. The van der Waals surface area contributed by atoms with Crippen molar-refractivity contribution < 1.29 is 4.79 Å². The summed E-state index contributed by atoms with van der Waals surface area (Å²) in [7, 11) is 0. The standard InChI is InChI=1S/C19H25Cl2N5O/c1-2-3-11-22-19(27)26(15-9-7-8-14(20)18(15)21)13-17-24-23-16-10-5-4-6-12-25(16)17/h7-9H,2-6,10-13H2,1H3,(H,22,27). The number of hydrogen-bond acceptors (Lipinski definition) is 3. The Labute approximate surface area is 169 Å². The van der Waals surface area contributed by atoms with Crippen LogP contribution in [0.3, 0.4) is 0 Å². The van der Waals surface area contributed by atoms with Crippen LogP contribution in [0.4, 0.5) is 10.5 Å². The van der Waals surface area contributed by atoms with Crippen molar-refractivity contribution in [3.8, 4) is 0 Å². The molecular formula is C19H25Cl2N5O. The molecule has 2 heterocycles. The molecule has 1 aromatic heterocycles. The Kier molecular flexibility index (Phi) is 6.96. The van der Waals surface area contributed by atoms with Gasteiger partial charge in [0.15, 0.2) is 5.82 Å². The molecule has 2 amide bonds. The predicted molar refractivity (Wildman–Crippen MR) is 109 cm³/mol. The molecule has 0 saturated carbocycles. The van der Waals surface area contributed by atoms with Gasteiger partial charge in [-0.2, -0.15) is 0 Å². The van der Waals surface area contributed by atoms with Gasteiger partial charge in [0, 0.05) is 19.5 Å². The van der Waals surface area contributed by atoms with E-state index in [9.17, 15) is 4.79 Å². The van der Waals surface area contributed by atoms with Gasteiger partial charge in [-0.25, -0.2) is 4.79 Å². The van der Waals surface area contributed by atoms with Crippen molar-refractivity contribution in [3.63, 3.8) is 0 Å². The first kappa shape index (κ1) is 20.0. The molecule has 0 fully saturated rings. The molecular weight excluding hydrogens is 385 g/mol. The van der Waals surface area contributed by atoms with E-state index in [2.05, 4.69) is 27.0 Å². The monoisotopic (exact) mass is 409 g/mol. The summed E-state index contributed by atoms with van der Waals surface area (Å²) in [5, 5.41) is 12.4.